The fourth-order valence-corrected chi connectivity index (χ4v) is 4.47. The monoisotopic (exact) mass is 448 g/mol. The summed E-state index contributed by atoms with van der Waals surface area (Å²) in [5.74, 6) is -0.366. The van der Waals surface area contributed by atoms with Crippen LogP contribution in [0.4, 0.5) is 9.18 Å². The van der Waals surface area contributed by atoms with Gasteiger partial charge in [-0.2, -0.15) is 0 Å². The lowest BCUT2D eigenvalue weighted by atomic mass is 9.84. The third-order valence-corrected chi connectivity index (χ3v) is 6.52. The molecule has 0 saturated carbocycles. The molecule has 2 aromatic carbocycles. The Kier molecular flexibility index (Phi) is 7.01. The summed E-state index contributed by atoms with van der Waals surface area (Å²) < 4.78 is 44.6. The van der Waals surface area contributed by atoms with Crippen LogP contribution >= 0.6 is 0 Å². The number of halogens is 1. The van der Waals surface area contributed by atoms with E-state index < -0.39 is 21.7 Å². The first-order valence-electron chi connectivity index (χ1n) is 10.4. The van der Waals surface area contributed by atoms with Crippen molar-refractivity contribution in [3.63, 3.8) is 0 Å². The van der Waals surface area contributed by atoms with Gasteiger partial charge in [-0.1, -0.05) is 42.0 Å². The Morgan fingerprint density at radius 1 is 1.16 bits per heavy atom. The Labute approximate surface area is 183 Å². The maximum Gasteiger partial charge on any atom is 0.411 e. The smallest absolute Gasteiger partial charge is 0.411 e. The van der Waals surface area contributed by atoms with E-state index in [2.05, 4.69) is 4.72 Å². The molecule has 0 bridgehead atoms. The van der Waals surface area contributed by atoms with E-state index in [1.165, 1.54) is 12.1 Å². The molecule has 1 fully saturated rings. The van der Waals surface area contributed by atoms with Crippen molar-refractivity contribution in [1.82, 2.24) is 9.62 Å². The summed E-state index contributed by atoms with van der Waals surface area (Å²) in [5, 5.41) is 0. The normalized spacial score (nSPS) is 20.4. The van der Waals surface area contributed by atoms with Gasteiger partial charge in [0.1, 0.15) is 11.4 Å². The lowest BCUT2D eigenvalue weighted by molar-refractivity contribution is -0.0662. The highest BCUT2D eigenvalue weighted by atomic mass is 32.2. The average Bonchev–Trinajstić information content (AvgIpc) is 2.71. The summed E-state index contributed by atoms with van der Waals surface area (Å²) in [6.07, 6.45) is 2.11. The molecule has 1 aliphatic rings. The Hall–Kier alpha value is -2.45. The van der Waals surface area contributed by atoms with Gasteiger partial charge < -0.3 is 9.64 Å². The van der Waals surface area contributed by atoms with E-state index in [1.54, 1.807) is 17.0 Å². The summed E-state index contributed by atoms with van der Waals surface area (Å²) >= 11 is 0. The van der Waals surface area contributed by atoms with Crippen LogP contribution in [0.5, 0.6) is 0 Å². The Bertz CT molecular complexity index is 1010. The maximum absolute atomic E-state index is 13.5. The van der Waals surface area contributed by atoms with Gasteiger partial charge in [0.2, 0.25) is 10.0 Å². The highest BCUT2D eigenvalue weighted by molar-refractivity contribution is 7.88. The Balaban J connectivity index is 1.78. The Morgan fingerprint density at radius 2 is 1.81 bits per heavy atom. The Morgan fingerprint density at radius 3 is 2.39 bits per heavy atom. The van der Waals surface area contributed by atoms with Crippen LogP contribution in [0.15, 0.2) is 48.5 Å². The number of hydrogen-bond donors (Lipinski definition) is 1. The van der Waals surface area contributed by atoms with Gasteiger partial charge in [-0.3, -0.25) is 0 Å². The topological polar surface area (TPSA) is 75.7 Å². The molecule has 1 unspecified atom stereocenters. The van der Waals surface area contributed by atoms with E-state index in [9.17, 15) is 17.6 Å². The second-order valence-corrected chi connectivity index (χ2v) is 10.0. The number of nitrogens with zero attached hydrogens (tertiary/aromatic N) is 1. The molecule has 8 heteroatoms. The van der Waals surface area contributed by atoms with Crippen LogP contribution in [0.3, 0.4) is 0 Å². The number of hydrogen-bond acceptors (Lipinski definition) is 4. The molecule has 2 atom stereocenters. The summed E-state index contributed by atoms with van der Waals surface area (Å²) in [4.78, 5) is 14.7. The fourth-order valence-electron chi connectivity index (χ4n) is 3.95. The minimum absolute atomic E-state index is 0.147. The van der Waals surface area contributed by atoms with E-state index in [1.807, 2.05) is 38.1 Å². The zero-order valence-corrected chi connectivity index (χ0v) is 18.9. The predicted molar refractivity (Wildman–Crippen MR) is 118 cm³/mol. The molecule has 2 aromatic rings. The second-order valence-electron chi connectivity index (χ2n) is 8.17. The molecule has 1 N–H and O–H groups in total. The first-order chi connectivity index (χ1) is 14.6. The molecule has 1 heterocycles. The first-order valence-corrected chi connectivity index (χ1v) is 12.3. The predicted octanol–water partition coefficient (Wildman–Crippen LogP) is 4.26. The minimum Gasteiger partial charge on any atom is -0.438 e. The van der Waals surface area contributed by atoms with Crippen LogP contribution in [0.25, 0.3) is 0 Å². The molecule has 1 saturated heterocycles. The molecular weight excluding hydrogens is 419 g/mol. The number of benzene rings is 2. The minimum atomic E-state index is -3.30. The van der Waals surface area contributed by atoms with Crippen molar-refractivity contribution < 1.29 is 22.3 Å². The summed E-state index contributed by atoms with van der Waals surface area (Å²) in [5.41, 5.74) is 1.96. The van der Waals surface area contributed by atoms with Crippen molar-refractivity contribution in [2.24, 2.45) is 0 Å². The third-order valence-electron chi connectivity index (χ3n) is 5.79. The molecule has 6 nitrogen and oxygen atoms in total. The summed E-state index contributed by atoms with van der Waals surface area (Å²) in [7, 11) is -3.30. The van der Waals surface area contributed by atoms with E-state index in [4.69, 9.17) is 4.74 Å². The number of carbonyl (C=O) groups is 1. The number of nitrogens with one attached hydrogen (secondary N) is 1. The number of amides is 1. The van der Waals surface area contributed by atoms with Crippen LogP contribution in [0.2, 0.25) is 0 Å². The quantitative estimate of drug-likeness (QED) is 0.612. The molecule has 168 valence electrons. The van der Waals surface area contributed by atoms with E-state index in [-0.39, 0.29) is 18.4 Å². The van der Waals surface area contributed by atoms with E-state index in [0.29, 0.717) is 31.4 Å². The molecule has 3 rings (SSSR count). The van der Waals surface area contributed by atoms with Crippen molar-refractivity contribution in [2.45, 2.75) is 44.8 Å². The standard InChI is InChI=1S/C23H29FN2O4S/c1-17-5-7-19(8-6-17)18(2)26-16-14-23(30-22(26)27,13-4-15-25-31(3,28)29)20-9-11-21(24)12-10-20/h5-12,18,25H,4,13-16H2,1-3H3/t18-,23?/m0/s1. The van der Waals surface area contributed by atoms with Crippen LogP contribution in [0.1, 0.15) is 48.9 Å². The third kappa shape index (κ3) is 5.83. The molecule has 1 aliphatic heterocycles. The number of cyclic esters (lactones) is 1. The largest absolute Gasteiger partial charge is 0.438 e. The maximum atomic E-state index is 13.5. The van der Waals surface area contributed by atoms with Crippen LogP contribution < -0.4 is 4.72 Å². The number of aryl methyl sites for hydroxylation is 1. The lowest BCUT2D eigenvalue weighted by Crippen LogP contribution is -2.49. The van der Waals surface area contributed by atoms with Crippen molar-refractivity contribution in [2.75, 3.05) is 19.3 Å². The van der Waals surface area contributed by atoms with Crippen LogP contribution in [-0.2, 0) is 20.4 Å². The highest BCUT2D eigenvalue weighted by Crippen LogP contribution is 2.40. The van der Waals surface area contributed by atoms with E-state index >= 15 is 0 Å². The van der Waals surface area contributed by atoms with Gasteiger partial charge in [-0.15, -0.1) is 0 Å². The second kappa shape index (κ2) is 9.36. The number of sulfonamides is 1. The van der Waals surface area contributed by atoms with Crippen LogP contribution in [0, 0.1) is 12.7 Å². The molecular formula is C23H29FN2O4S. The molecule has 0 radical (unpaired) electrons. The van der Waals surface area contributed by atoms with Crippen molar-refractivity contribution in [3.05, 3.63) is 71.0 Å². The SMILES string of the molecule is Cc1ccc([C@H](C)N2CCC(CCCNS(C)(=O)=O)(c3ccc(F)cc3)OC2=O)cc1. The fraction of sp³-hybridized carbons (Fsp3) is 0.435. The van der Waals surface area contributed by atoms with Gasteiger partial charge in [-0.05, 0) is 49.9 Å². The number of rotatable bonds is 8. The molecule has 0 aromatic heterocycles. The van der Waals surface area contributed by atoms with Gasteiger partial charge in [0.15, 0.2) is 0 Å². The van der Waals surface area contributed by atoms with Crippen molar-refractivity contribution in [1.29, 1.82) is 0 Å². The lowest BCUT2D eigenvalue weighted by Gasteiger charge is -2.43. The van der Waals surface area contributed by atoms with Gasteiger partial charge in [-0.25, -0.2) is 22.3 Å². The van der Waals surface area contributed by atoms with E-state index in [0.717, 1.165) is 17.4 Å². The average molecular weight is 449 g/mol. The van der Waals surface area contributed by atoms with Gasteiger partial charge in [0.25, 0.3) is 0 Å². The highest BCUT2D eigenvalue weighted by Gasteiger charge is 2.43. The van der Waals surface area contributed by atoms with Gasteiger partial charge in [0, 0.05) is 19.5 Å². The summed E-state index contributed by atoms with van der Waals surface area (Å²) in [6, 6.07) is 13.8. The van der Waals surface area contributed by atoms with Crippen molar-refractivity contribution >= 4 is 16.1 Å². The van der Waals surface area contributed by atoms with Crippen molar-refractivity contribution in [3.8, 4) is 0 Å². The van der Waals surface area contributed by atoms with Gasteiger partial charge in [0.05, 0.1) is 12.3 Å². The zero-order chi connectivity index (χ0) is 22.6. The van der Waals surface area contributed by atoms with Crippen LogP contribution in [-0.4, -0.2) is 38.8 Å². The molecule has 0 aliphatic carbocycles. The zero-order valence-electron chi connectivity index (χ0n) is 18.1. The molecule has 1 amide bonds. The number of ether oxygens (including phenoxy) is 1. The summed E-state index contributed by atoms with van der Waals surface area (Å²) in [6.45, 7) is 4.69. The number of carbonyl (C=O) groups excluding carboxylic acids is 1. The molecule has 31 heavy (non-hydrogen) atoms. The first kappa shape index (κ1) is 23.2. The molecule has 0 spiro atoms. The van der Waals surface area contributed by atoms with Gasteiger partial charge >= 0.3 is 6.09 Å².